The fourth-order valence-electron chi connectivity index (χ4n) is 10.7. The van der Waals surface area contributed by atoms with E-state index >= 15 is 0 Å². The molecule has 1 aromatic rings. The number of carbonyl (C=O) groups is 4. The Balaban J connectivity index is 1.50. The molecule has 16 atom stereocenters. The maximum atomic E-state index is 14.5. The van der Waals surface area contributed by atoms with Gasteiger partial charge in [-0.15, -0.1) is 0 Å². The third kappa shape index (κ3) is 14.8. The number of aryl methyl sites for hydroxylation is 1. The van der Waals surface area contributed by atoms with Gasteiger partial charge in [0.1, 0.15) is 24.0 Å². The molecule has 1 aromatic carbocycles. The lowest BCUT2D eigenvalue weighted by Gasteiger charge is -2.47. The van der Waals surface area contributed by atoms with E-state index in [9.17, 15) is 38.7 Å². The molecule has 1 amide bonds. The molecular weight excluding hydrogens is 919 g/mol. The number of allylic oxidation sites excluding steroid dienone is 4. The molecular formula is C54H81NO14S. The van der Waals surface area contributed by atoms with Gasteiger partial charge in [0.25, 0.3) is 11.7 Å². The van der Waals surface area contributed by atoms with E-state index < -0.39 is 94.9 Å². The number of hydrogen-bond donors (Lipinski definition) is 3. The number of hydrogen-bond acceptors (Lipinski definition) is 14. The number of methoxy groups -OCH3 is 3. The van der Waals surface area contributed by atoms with Gasteiger partial charge in [-0.3, -0.25) is 18.6 Å². The fraction of sp³-hybridized carbons (Fsp3) is 0.704. The normalized spacial score (nSPS) is 36.6. The van der Waals surface area contributed by atoms with E-state index in [1.54, 1.807) is 40.0 Å². The van der Waals surface area contributed by atoms with Crippen molar-refractivity contribution in [2.24, 2.45) is 29.6 Å². The van der Waals surface area contributed by atoms with Crippen LogP contribution in [0.2, 0.25) is 0 Å². The zero-order valence-electron chi connectivity index (χ0n) is 43.1. The van der Waals surface area contributed by atoms with Crippen molar-refractivity contribution in [1.82, 2.24) is 4.90 Å². The zero-order valence-corrected chi connectivity index (χ0v) is 43.9. The van der Waals surface area contributed by atoms with E-state index in [-0.39, 0.29) is 55.6 Å². The van der Waals surface area contributed by atoms with Crippen LogP contribution in [0.4, 0.5) is 0 Å². The van der Waals surface area contributed by atoms with E-state index in [1.165, 1.54) is 19.1 Å². The van der Waals surface area contributed by atoms with Crippen LogP contribution in [0.25, 0.3) is 0 Å². The number of amides is 1. The lowest BCUT2D eigenvalue weighted by molar-refractivity contribution is -0.302. The molecule has 3 heterocycles. The summed E-state index contributed by atoms with van der Waals surface area (Å²) in [5.74, 6) is -8.19. The first-order valence-corrected chi connectivity index (χ1v) is 26.4. The molecule has 1 saturated carbocycles. The summed E-state index contributed by atoms with van der Waals surface area (Å²) in [6.45, 7) is 13.0. The Kier molecular flexibility index (Phi) is 21.7. The average molecular weight is 1000 g/mol. The Morgan fingerprint density at radius 2 is 1.56 bits per heavy atom. The monoisotopic (exact) mass is 1000 g/mol. The zero-order chi connectivity index (χ0) is 51.4. The molecule has 392 valence electrons. The van der Waals surface area contributed by atoms with Crippen LogP contribution in [-0.2, 0) is 58.1 Å². The van der Waals surface area contributed by atoms with E-state index in [0.29, 0.717) is 68.3 Å². The number of piperidine rings is 1. The Labute approximate surface area is 418 Å². The van der Waals surface area contributed by atoms with Crippen molar-refractivity contribution in [3.8, 4) is 0 Å². The second-order valence-electron chi connectivity index (χ2n) is 20.6. The smallest absolute Gasteiger partial charge is 0.329 e. The van der Waals surface area contributed by atoms with Crippen LogP contribution >= 0.6 is 0 Å². The second-order valence-corrected chi connectivity index (χ2v) is 21.8. The first-order valence-electron chi connectivity index (χ1n) is 25.3. The molecule has 0 radical (unpaired) electrons. The molecule has 3 N–H and O–H groups in total. The summed E-state index contributed by atoms with van der Waals surface area (Å²) in [4.78, 5) is 59.6. The van der Waals surface area contributed by atoms with Crippen LogP contribution < -0.4 is 0 Å². The highest BCUT2D eigenvalue weighted by Gasteiger charge is 2.56. The highest BCUT2D eigenvalue weighted by Crippen LogP contribution is 2.39. The molecule has 15 nitrogen and oxygen atoms in total. The van der Waals surface area contributed by atoms with Gasteiger partial charge in [-0.05, 0) is 128 Å². The number of rotatable bonds is 12. The van der Waals surface area contributed by atoms with Crippen molar-refractivity contribution < 1.29 is 66.6 Å². The van der Waals surface area contributed by atoms with Crippen molar-refractivity contribution in [3.05, 3.63) is 65.3 Å². The minimum absolute atomic E-state index is 0.0478. The minimum Gasteiger partial charge on any atom is -0.456 e. The number of esters is 1. The quantitative estimate of drug-likeness (QED) is 0.112. The van der Waals surface area contributed by atoms with Gasteiger partial charge >= 0.3 is 5.97 Å². The van der Waals surface area contributed by atoms with Crippen LogP contribution in [0, 0.1) is 36.5 Å². The number of ketones is 2. The second kappa shape index (κ2) is 26.5. The molecule has 2 saturated heterocycles. The molecule has 16 heteroatoms. The first kappa shape index (κ1) is 57.5. The number of aliphatic hydroxyl groups excluding tert-OH is 2. The number of fused-ring (bicyclic) bond motifs is 3. The number of benzene rings is 1. The Morgan fingerprint density at radius 3 is 2.23 bits per heavy atom. The SMILES string of the molecule is CO[C@H]1C[C@@H](C)C/C(C)=C/[C@@H](C/C=C/CC(C)OS(=O)c2ccc(C)cc2)C(=O)C[C@H](O)[C@@H](C)[C@@H](/C(C)=C/[C@@H]2CC[C@@H](O)[C@H](OC)C2)OC(=O)[C@@H]2CCCCN2C(=O)C(=O)[C@]2(O)O[C@H]1[C@@H](OC)C[C@H]2C. The molecule has 1 aliphatic carbocycles. The summed E-state index contributed by atoms with van der Waals surface area (Å²) in [6.07, 6.45) is 6.41. The summed E-state index contributed by atoms with van der Waals surface area (Å²) in [5.41, 5.74) is 2.59. The van der Waals surface area contributed by atoms with Gasteiger partial charge in [0.2, 0.25) is 5.79 Å². The molecule has 2 bridgehead atoms. The Hall–Kier alpha value is -3.45. The summed E-state index contributed by atoms with van der Waals surface area (Å²) >= 11 is -1.65. The van der Waals surface area contributed by atoms with E-state index in [1.807, 2.05) is 64.1 Å². The standard InChI is InChI=1S/C54H81NO14S/c1-32-18-21-41(22-19-32)70(63)69-37(6)15-11-12-16-40-26-33(2)25-34(3)27-47(65-9)50-48(66-10)29-36(5)54(62,68-50)51(59)52(60)55-24-14-13-17-42(55)53(61)67-49(38(7)44(57)31-45(40)58)35(4)28-39-20-23-43(56)46(30-39)64-8/h11-12,18-19,21-22,26,28,34,36-40,42-44,46-50,56-57,62H,13-17,20,23-25,27,29-31H2,1-10H3/b12-11+,33-26+,35-28+/t34-,36+,37?,38+,39-,40+,42-,43+,44-,46+,47-,48-,49+,50+,54+,70?/m0/s1. The number of Topliss-reactive ketones (excluding diaryl/α,β-unsaturated/α-hetero) is 2. The first-order chi connectivity index (χ1) is 33.2. The predicted molar refractivity (Wildman–Crippen MR) is 264 cm³/mol. The maximum Gasteiger partial charge on any atom is 0.329 e. The lowest BCUT2D eigenvalue weighted by atomic mass is 9.81. The molecule has 0 aromatic heterocycles. The Morgan fingerprint density at radius 1 is 0.886 bits per heavy atom. The molecule has 0 spiro atoms. The van der Waals surface area contributed by atoms with Crippen LogP contribution in [0.1, 0.15) is 124 Å². The van der Waals surface area contributed by atoms with Gasteiger partial charge in [0, 0.05) is 52.0 Å². The summed E-state index contributed by atoms with van der Waals surface area (Å²) in [6, 6.07) is 6.14. The van der Waals surface area contributed by atoms with Crippen molar-refractivity contribution in [2.45, 2.75) is 191 Å². The highest BCUT2D eigenvalue weighted by molar-refractivity contribution is 7.80. The third-order valence-electron chi connectivity index (χ3n) is 14.9. The topological polar surface area (TPSA) is 205 Å². The summed E-state index contributed by atoms with van der Waals surface area (Å²) < 4.78 is 48.8. The van der Waals surface area contributed by atoms with Crippen molar-refractivity contribution >= 4 is 34.5 Å². The number of cyclic esters (lactones) is 1. The van der Waals surface area contributed by atoms with Crippen molar-refractivity contribution in [2.75, 3.05) is 27.9 Å². The number of nitrogens with zero attached hydrogens (tertiary/aromatic N) is 1. The lowest BCUT2D eigenvalue weighted by Crippen LogP contribution is -2.64. The van der Waals surface area contributed by atoms with Crippen molar-refractivity contribution in [3.63, 3.8) is 0 Å². The van der Waals surface area contributed by atoms with Gasteiger partial charge in [-0.25, -0.2) is 9.00 Å². The van der Waals surface area contributed by atoms with Crippen LogP contribution in [0.5, 0.6) is 0 Å². The molecule has 3 fully saturated rings. The summed E-state index contributed by atoms with van der Waals surface area (Å²) in [7, 11) is 4.60. The number of ether oxygens (including phenoxy) is 5. The maximum absolute atomic E-state index is 14.5. The average Bonchev–Trinajstić information content (AvgIpc) is 3.33. The molecule has 4 aliphatic rings. The molecule has 3 aliphatic heterocycles. The van der Waals surface area contributed by atoms with E-state index in [4.69, 9.17) is 27.9 Å². The van der Waals surface area contributed by atoms with Gasteiger partial charge in [-0.1, -0.05) is 68.3 Å². The van der Waals surface area contributed by atoms with Crippen LogP contribution in [-0.4, -0.2) is 136 Å². The largest absolute Gasteiger partial charge is 0.456 e. The van der Waals surface area contributed by atoms with Crippen LogP contribution in [0.15, 0.2) is 64.6 Å². The fourth-order valence-corrected chi connectivity index (χ4v) is 11.5. The van der Waals surface area contributed by atoms with E-state index in [2.05, 4.69) is 0 Å². The molecule has 70 heavy (non-hydrogen) atoms. The van der Waals surface area contributed by atoms with E-state index in [0.717, 1.165) is 11.1 Å². The van der Waals surface area contributed by atoms with Crippen LogP contribution in [0.3, 0.4) is 0 Å². The minimum atomic E-state index is -2.55. The predicted octanol–water partition coefficient (Wildman–Crippen LogP) is 6.84. The van der Waals surface area contributed by atoms with Gasteiger partial charge in [0.15, 0.2) is 11.1 Å². The van der Waals surface area contributed by atoms with Gasteiger partial charge in [-0.2, -0.15) is 0 Å². The third-order valence-corrected chi connectivity index (χ3v) is 16.1. The van der Waals surface area contributed by atoms with Gasteiger partial charge < -0.3 is 43.9 Å². The number of carbonyl (C=O) groups excluding carboxylic acids is 4. The van der Waals surface area contributed by atoms with Gasteiger partial charge in [0.05, 0.1) is 41.5 Å². The number of aliphatic hydroxyl groups is 3. The summed E-state index contributed by atoms with van der Waals surface area (Å²) in [5, 5.41) is 34.7. The molecule has 2 unspecified atom stereocenters. The molecule has 5 rings (SSSR count). The Bertz CT molecular complexity index is 2040. The van der Waals surface area contributed by atoms with Crippen molar-refractivity contribution in [1.29, 1.82) is 0 Å². The highest BCUT2D eigenvalue weighted by atomic mass is 32.2.